The van der Waals surface area contributed by atoms with Crippen LogP contribution in [0.3, 0.4) is 0 Å². The van der Waals surface area contributed by atoms with Crippen LogP contribution in [0.1, 0.15) is 40.4 Å². The fourth-order valence-electron chi connectivity index (χ4n) is 2.99. The van der Waals surface area contributed by atoms with Gasteiger partial charge in [0.1, 0.15) is 0 Å². The SMILES string of the molecule is Cc1nn2c(c1C(=O)NCc1noc(-c3ccco3)n1)CCCC2. The molecule has 1 amide bonds. The van der Waals surface area contributed by atoms with Crippen molar-refractivity contribution in [3.63, 3.8) is 0 Å². The number of nitrogens with zero attached hydrogens (tertiary/aromatic N) is 4. The molecular weight excluding hydrogens is 310 g/mol. The summed E-state index contributed by atoms with van der Waals surface area (Å²) in [5, 5.41) is 11.2. The highest BCUT2D eigenvalue weighted by atomic mass is 16.5. The average Bonchev–Trinajstić information content (AvgIpc) is 3.31. The van der Waals surface area contributed by atoms with E-state index in [0.717, 1.165) is 37.2 Å². The van der Waals surface area contributed by atoms with Crippen molar-refractivity contribution in [3.05, 3.63) is 41.2 Å². The number of fused-ring (bicyclic) bond motifs is 1. The number of hydrogen-bond donors (Lipinski definition) is 1. The van der Waals surface area contributed by atoms with Gasteiger partial charge in [-0.15, -0.1) is 0 Å². The van der Waals surface area contributed by atoms with Gasteiger partial charge < -0.3 is 14.3 Å². The molecule has 0 saturated heterocycles. The fourth-order valence-corrected chi connectivity index (χ4v) is 2.99. The van der Waals surface area contributed by atoms with Crippen LogP contribution in [0.15, 0.2) is 27.3 Å². The van der Waals surface area contributed by atoms with Gasteiger partial charge in [-0.05, 0) is 38.3 Å². The second kappa shape index (κ2) is 5.95. The lowest BCUT2D eigenvalue weighted by atomic mass is 10.0. The molecule has 8 nitrogen and oxygen atoms in total. The second-order valence-electron chi connectivity index (χ2n) is 5.76. The van der Waals surface area contributed by atoms with Crippen molar-refractivity contribution in [2.45, 2.75) is 39.3 Å². The third-order valence-electron chi connectivity index (χ3n) is 4.10. The summed E-state index contributed by atoms with van der Waals surface area (Å²) in [6, 6.07) is 3.48. The van der Waals surface area contributed by atoms with Crippen molar-refractivity contribution in [2.24, 2.45) is 0 Å². The molecule has 1 N–H and O–H groups in total. The molecule has 8 heteroatoms. The number of aromatic nitrogens is 4. The van der Waals surface area contributed by atoms with Crippen molar-refractivity contribution < 1.29 is 13.7 Å². The Bertz CT molecular complexity index is 863. The predicted octanol–water partition coefficient (Wildman–Crippen LogP) is 2.10. The maximum atomic E-state index is 12.5. The minimum absolute atomic E-state index is 0.153. The summed E-state index contributed by atoms with van der Waals surface area (Å²) in [5.41, 5.74) is 2.44. The van der Waals surface area contributed by atoms with Crippen LogP contribution in [0.4, 0.5) is 0 Å². The van der Waals surface area contributed by atoms with Crippen LogP contribution in [0.2, 0.25) is 0 Å². The van der Waals surface area contributed by atoms with Gasteiger partial charge in [-0.3, -0.25) is 9.48 Å². The number of aryl methyl sites for hydroxylation is 2. The summed E-state index contributed by atoms with van der Waals surface area (Å²) < 4.78 is 12.3. The number of nitrogens with one attached hydrogen (secondary N) is 1. The van der Waals surface area contributed by atoms with Crippen LogP contribution in [-0.4, -0.2) is 25.8 Å². The van der Waals surface area contributed by atoms with E-state index in [-0.39, 0.29) is 12.5 Å². The molecule has 3 aromatic rings. The maximum Gasteiger partial charge on any atom is 0.293 e. The zero-order chi connectivity index (χ0) is 16.5. The Morgan fingerprint density at radius 3 is 3.17 bits per heavy atom. The van der Waals surface area contributed by atoms with E-state index in [1.54, 1.807) is 12.1 Å². The molecule has 1 aliphatic rings. The van der Waals surface area contributed by atoms with E-state index in [1.807, 2.05) is 11.6 Å². The Morgan fingerprint density at radius 1 is 1.42 bits per heavy atom. The summed E-state index contributed by atoms with van der Waals surface area (Å²) in [4.78, 5) is 16.7. The van der Waals surface area contributed by atoms with Crippen molar-refractivity contribution in [2.75, 3.05) is 0 Å². The molecule has 0 bridgehead atoms. The number of furan rings is 1. The highest BCUT2D eigenvalue weighted by Gasteiger charge is 2.23. The molecule has 124 valence electrons. The van der Waals surface area contributed by atoms with Crippen molar-refractivity contribution in [1.29, 1.82) is 0 Å². The van der Waals surface area contributed by atoms with Crippen LogP contribution in [0.25, 0.3) is 11.7 Å². The van der Waals surface area contributed by atoms with Gasteiger partial charge in [-0.2, -0.15) is 10.1 Å². The quantitative estimate of drug-likeness (QED) is 0.788. The molecule has 0 unspecified atom stereocenters. The normalized spacial score (nSPS) is 13.7. The molecule has 0 aliphatic carbocycles. The molecule has 0 aromatic carbocycles. The molecule has 4 heterocycles. The molecule has 0 saturated carbocycles. The predicted molar refractivity (Wildman–Crippen MR) is 83.1 cm³/mol. The number of rotatable bonds is 4. The Labute approximate surface area is 137 Å². The Hall–Kier alpha value is -2.90. The van der Waals surface area contributed by atoms with Crippen LogP contribution in [0, 0.1) is 6.92 Å². The lowest BCUT2D eigenvalue weighted by Gasteiger charge is -2.14. The third-order valence-corrected chi connectivity index (χ3v) is 4.10. The summed E-state index contributed by atoms with van der Waals surface area (Å²) in [6.07, 6.45) is 4.61. The summed E-state index contributed by atoms with van der Waals surface area (Å²) >= 11 is 0. The van der Waals surface area contributed by atoms with Crippen LogP contribution in [-0.2, 0) is 19.5 Å². The third kappa shape index (κ3) is 2.60. The number of carbonyl (C=O) groups excluding carboxylic acids is 1. The van der Waals surface area contributed by atoms with E-state index in [9.17, 15) is 4.79 Å². The molecule has 0 spiro atoms. The Balaban J connectivity index is 1.47. The molecular formula is C16H17N5O3. The standard InChI is InChI=1S/C16H17N5O3/c1-10-14(11-5-2-3-7-21(11)19-10)15(22)17-9-13-18-16(24-20-13)12-6-4-8-23-12/h4,6,8H,2-3,5,7,9H2,1H3,(H,17,22). The van der Waals surface area contributed by atoms with Gasteiger partial charge in [0.25, 0.3) is 11.8 Å². The summed E-state index contributed by atoms with van der Waals surface area (Å²) in [5.74, 6) is 1.04. The summed E-state index contributed by atoms with van der Waals surface area (Å²) in [7, 11) is 0. The van der Waals surface area contributed by atoms with Gasteiger partial charge in [-0.25, -0.2) is 0 Å². The molecule has 3 aromatic heterocycles. The Morgan fingerprint density at radius 2 is 2.33 bits per heavy atom. The molecule has 1 aliphatic heterocycles. The van der Waals surface area contributed by atoms with E-state index in [2.05, 4.69) is 20.6 Å². The van der Waals surface area contributed by atoms with Gasteiger partial charge in [-0.1, -0.05) is 5.16 Å². The number of hydrogen-bond acceptors (Lipinski definition) is 6. The van der Waals surface area contributed by atoms with Crippen molar-refractivity contribution in [3.8, 4) is 11.7 Å². The van der Waals surface area contributed by atoms with Crippen LogP contribution < -0.4 is 5.32 Å². The highest BCUT2D eigenvalue weighted by molar-refractivity contribution is 5.96. The van der Waals surface area contributed by atoms with E-state index >= 15 is 0 Å². The van der Waals surface area contributed by atoms with E-state index in [1.165, 1.54) is 6.26 Å². The smallest absolute Gasteiger partial charge is 0.293 e. The van der Waals surface area contributed by atoms with Gasteiger partial charge in [0.05, 0.1) is 29.8 Å². The monoisotopic (exact) mass is 327 g/mol. The summed E-state index contributed by atoms with van der Waals surface area (Å²) in [6.45, 7) is 2.93. The van der Waals surface area contributed by atoms with Gasteiger partial charge in [0.15, 0.2) is 11.6 Å². The first-order valence-electron chi connectivity index (χ1n) is 7.93. The lowest BCUT2D eigenvalue weighted by Crippen LogP contribution is -2.25. The van der Waals surface area contributed by atoms with Gasteiger partial charge >= 0.3 is 0 Å². The molecule has 24 heavy (non-hydrogen) atoms. The van der Waals surface area contributed by atoms with Crippen molar-refractivity contribution in [1.82, 2.24) is 25.2 Å². The first-order valence-corrected chi connectivity index (χ1v) is 7.93. The average molecular weight is 327 g/mol. The zero-order valence-corrected chi connectivity index (χ0v) is 13.3. The topological polar surface area (TPSA) is 99.0 Å². The second-order valence-corrected chi connectivity index (χ2v) is 5.76. The zero-order valence-electron chi connectivity index (χ0n) is 13.3. The van der Waals surface area contributed by atoms with E-state index in [4.69, 9.17) is 8.94 Å². The lowest BCUT2D eigenvalue weighted by molar-refractivity contribution is 0.0947. The van der Waals surface area contributed by atoms with Crippen LogP contribution >= 0.6 is 0 Å². The molecule has 0 fully saturated rings. The minimum atomic E-state index is -0.153. The Kier molecular flexibility index (Phi) is 3.64. The number of amides is 1. The fraction of sp³-hybridized carbons (Fsp3) is 0.375. The molecule has 0 radical (unpaired) electrons. The van der Waals surface area contributed by atoms with Crippen LogP contribution in [0.5, 0.6) is 0 Å². The largest absolute Gasteiger partial charge is 0.459 e. The first-order chi connectivity index (χ1) is 11.7. The van der Waals surface area contributed by atoms with Crippen molar-refractivity contribution >= 4 is 5.91 Å². The van der Waals surface area contributed by atoms with E-state index in [0.29, 0.717) is 23.0 Å². The minimum Gasteiger partial charge on any atom is -0.459 e. The number of carbonyl (C=O) groups is 1. The van der Waals surface area contributed by atoms with Gasteiger partial charge in [0, 0.05) is 6.54 Å². The highest BCUT2D eigenvalue weighted by Crippen LogP contribution is 2.21. The molecule has 4 rings (SSSR count). The first kappa shape index (κ1) is 14.7. The van der Waals surface area contributed by atoms with Gasteiger partial charge in [0.2, 0.25) is 0 Å². The van der Waals surface area contributed by atoms with E-state index < -0.39 is 0 Å². The molecule has 0 atom stereocenters. The maximum absolute atomic E-state index is 12.5.